The smallest absolute Gasteiger partial charge is 0.404 e. The summed E-state index contributed by atoms with van der Waals surface area (Å²) < 4.78 is 0. The molecule has 4 heteroatoms. The van der Waals surface area contributed by atoms with Crippen LogP contribution in [0.4, 0.5) is 4.79 Å². The fourth-order valence-electron chi connectivity index (χ4n) is 1.09. The van der Waals surface area contributed by atoms with Crippen molar-refractivity contribution in [1.82, 2.24) is 5.32 Å². The molecule has 2 N–H and O–H groups in total. The summed E-state index contributed by atoms with van der Waals surface area (Å²) in [6, 6.07) is 0. The zero-order valence-corrected chi connectivity index (χ0v) is 9.90. The van der Waals surface area contributed by atoms with Crippen LogP contribution >= 0.6 is 11.8 Å². The molecule has 0 aromatic carbocycles. The summed E-state index contributed by atoms with van der Waals surface area (Å²) in [6.45, 7) is 5.01. The number of hydrogen-bond acceptors (Lipinski definition) is 2. The van der Waals surface area contributed by atoms with E-state index in [4.69, 9.17) is 5.11 Å². The molecule has 0 rings (SSSR count). The van der Waals surface area contributed by atoms with E-state index in [1.807, 2.05) is 11.8 Å². The van der Waals surface area contributed by atoms with Gasteiger partial charge in [0.25, 0.3) is 0 Å². The number of amides is 1. The minimum Gasteiger partial charge on any atom is -0.465 e. The summed E-state index contributed by atoms with van der Waals surface area (Å²) >= 11 is 1.99. The van der Waals surface area contributed by atoms with Crippen LogP contribution in [0.15, 0.2) is 0 Å². The predicted octanol–water partition coefficient (Wildman–Crippen LogP) is 2.96. The van der Waals surface area contributed by atoms with E-state index in [9.17, 15) is 4.79 Å². The van der Waals surface area contributed by atoms with Gasteiger partial charge in [0.1, 0.15) is 0 Å². The van der Waals surface area contributed by atoms with Gasteiger partial charge in [-0.25, -0.2) is 4.79 Å². The second-order valence-electron chi connectivity index (χ2n) is 3.57. The Labute approximate surface area is 90.7 Å². The number of nitrogens with one attached hydrogen (secondary N) is 1. The Morgan fingerprint density at radius 1 is 1.29 bits per heavy atom. The molecule has 0 aliphatic rings. The highest BCUT2D eigenvalue weighted by molar-refractivity contribution is 7.99. The van der Waals surface area contributed by atoms with Crippen molar-refractivity contribution in [3.8, 4) is 0 Å². The van der Waals surface area contributed by atoms with Crippen LogP contribution in [0.1, 0.15) is 39.5 Å². The van der Waals surface area contributed by atoms with Gasteiger partial charge in [-0.1, -0.05) is 26.7 Å². The third-order valence-electron chi connectivity index (χ3n) is 1.80. The number of rotatable bonds is 8. The Hall–Kier alpha value is -0.380. The van der Waals surface area contributed by atoms with Crippen LogP contribution in [0.3, 0.4) is 0 Å². The van der Waals surface area contributed by atoms with E-state index < -0.39 is 6.09 Å². The lowest BCUT2D eigenvalue weighted by Gasteiger charge is -2.04. The zero-order chi connectivity index (χ0) is 10.8. The van der Waals surface area contributed by atoms with E-state index in [-0.39, 0.29) is 0 Å². The molecule has 0 heterocycles. The molecule has 0 saturated carbocycles. The molecule has 0 bridgehead atoms. The van der Waals surface area contributed by atoms with Gasteiger partial charge in [-0.3, -0.25) is 0 Å². The van der Waals surface area contributed by atoms with Gasteiger partial charge in [-0.15, -0.1) is 0 Å². The number of carbonyl (C=O) groups is 1. The molecule has 0 aliphatic heterocycles. The average Bonchev–Trinajstić information content (AvgIpc) is 2.08. The summed E-state index contributed by atoms with van der Waals surface area (Å²) in [5.74, 6) is 1.23. The summed E-state index contributed by atoms with van der Waals surface area (Å²) in [6.07, 6.45) is 3.62. The molecule has 0 aromatic rings. The lowest BCUT2D eigenvalue weighted by Crippen LogP contribution is -2.21. The second kappa shape index (κ2) is 9.19. The number of unbranched alkanes of at least 4 members (excludes halogenated alkanes) is 3. The maximum Gasteiger partial charge on any atom is 0.404 e. The molecular weight excluding hydrogens is 198 g/mol. The first-order valence-corrected chi connectivity index (χ1v) is 6.26. The quantitative estimate of drug-likeness (QED) is 0.617. The van der Waals surface area contributed by atoms with E-state index in [1.165, 1.54) is 18.6 Å². The molecule has 0 radical (unpaired) electrons. The largest absolute Gasteiger partial charge is 0.465 e. The third kappa shape index (κ3) is 11.6. The summed E-state index contributed by atoms with van der Waals surface area (Å²) in [5.41, 5.74) is 0. The van der Waals surface area contributed by atoms with Crippen LogP contribution in [0, 0.1) is 0 Å². The Bertz CT molecular complexity index is 151. The standard InChI is InChI=1S/C10H21NO2S/c1-9(2)14-8-6-4-3-5-7-11-10(12)13/h9,11H,3-8H2,1-2H3,(H,12,13). The van der Waals surface area contributed by atoms with Gasteiger partial charge >= 0.3 is 6.09 Å². The van der Waals surface area contributed by atoms with E-state index in [2.05, 4.69) is 19.2 Å². The SMILES string of the molecule is CC(C)SCCCCCCNC(=O)O. The zero-order valence-electron chi connectivity index (χ0n) is 9.08. The Morgan fingerprint density at radius 3 is 2.50 bits per heavy atom. The van der Waals surface area contributed by atoms with Gasteiger partial charge in [0, 0.05) is 6.54 Å². The topological polar surface area (TPSA) is 49.3 Å². The van der Waals surface area contributed by atoms with Crippen LogP contribution in [-0.2, 0) is 0 Å². The van der Waals surface area contributed by atoms with Crippen LogP contribution in [0.2, 0.25) is 0 Å². The highest BCUT2D eigenvalue weighted by atomic mass is 32.2. The second-order valence-corrected chi connectivity index (χ2v) is 5.25. The first-order valence-electron chi connectivity index (χ1n) is 5.21. The molecule has 0 spiro atoms. The van der Waals surface area contributed by atoms with Gasteiger partial charge in [-0.2, -0.15) is 11.8 Å². The van der Waals surface area contributed by atoms with E-state index in [1.54, 1.807) is 0 Å². The van der Waals surface area contributed by atoms with E-state index >= 15 is 0 Å². The number of thioether (sulfide) groups is 1. The molecule has 0 fully saturated rings. The Balaban J connectivity index is 2.96. The van der Waals surface area contributed by atoms with Crippen molar-refractivity contribution in [1.29, 1.82) is 0 Å². The molecule has 3 nitrogen and oxygen atoms in total. The first kappa shape index (κ1) is 13.6. The third-order valence-corrected chi connectivity index (χ3v) is 2.99. The molecule has 0 saturated heterocycles. The predicted molar refractivity (Wildman–Crippen MR) is 62.1 cm³/mol. The lowest BCUT2D eigenvalue weighted by molar-refractivity contribution is 0.194. The summed E-state index contributed by atoms with van der Waals surface area (Å²) in [7, 11) is 0. The maximum atomic E-state index is 10.1. The molecular formula is C10H21NO2S. The van der Waals surface area contributed by atoms with Crippen molar-refractivity contribution in [2.24, 2.45) is 0 Å². The van der Waals surface area contributed by atoms with Crippen molar-refractivity contribution in [3.05, 3.63) is 0 Å². The number of carboxylic acid groups (broad SMARTS) is 1. The average molecular weight is 219 g/mol. The van der Waals surface area contributed by atoms with Crippen LogP contribution in [0.5, 0.6) is 0 Å². The minimum atomic E-state index is -0.916. The van der Waals surface area contributed by atoms with Gasteiger partial charge < -0.3 is 10.4 Å². The van der Waals surface area contributed by atoms with Crippen molar-refractivity contribution in [3.63, 3.8) is 0 Å². The van der Waals surface area contributed by atoms with Gasteiger partial charge in [0.15, 0.2) is 0 Å². The fraction of sp³-hybridized carbons (Fsp3) is 0.900. The van der Waals surface area contributed by atoms with Crippen molar-refractivity contribution >= 4 is 17.9 Å². The molecule has 0 aromatic heterocycles. The van der Waals surface area contributed by atoms with E-state index in [0.29, 0.717) is 6.54 Å². The van der Waals surface area contributed by atoms with Crippen LogP contribution in [0.25, 0.3) is 0 Å². The van der Waals surface area contributed by atoms with Crippen LogP contribution in [-0.4, -0.2) is 28.7 Å². The molecule has 0 unspecified atom stereocenters. The Morgan fingerprint density at radius 2 is 1.93 bits per heavy atom. The highest BCUT2D eigenvalue weighted by Crippen LogP contribution is 2.12. The van der Waals surface area contributed by atoms with Gasteiger partial charge in [-0.05, 0) is 23.8 Å². The molecule has 0 atom stereocenters. The van der Waals surface area contributed by atoms with Crippen molar-refractivity contribution in [2.75, 3.05) is 12.3 Å². The maximum absolute atomic E-state index is 10.1. The molecule has 84 valence electrons. The Kier molecular flexibility index (Phi) is 8.94. The number of hydrogen-bond donors (Lipinski definition) is 2. The molecule has 1 amide bonds. The monoisotopic (exact) mass is 219 g/mol. The van der Waals surface area contributed by atoms with Crippen molar-refractivity contribution < 1.29 is 9.90 Å². The van der Waals surface area contributed by atoms with Crippen LogP contribution < -0.4 is 5.32 Å². The molecule has 0 aliphatic carbocycles. The lowest BCUT2D eigenvalue weighted by atomic mass is 10.2. The van der Waals surface area contributed by atoms with Gasteiger partial charge in [0.2, 0.25) is 0 Å². The highest BCUT2D eigenvalue weighted by Gasteiger charge is 1.95. The normalized spacial score (nSPS) is 10.5. The van der Waals surface area contributed by atoms with E-state index in [0.717, 1.165) is 18.1 Å². The fourth-order valence-corrected chi connectivity index (χ4v) is 1.94. The summed E-state index contributed by atoms with van der Waals surface area (Å²) in [5, 5.41) is 11.4. The van der Waals surface area contributed by atoms with Crippen molar-refractivity contribution in [2.45, 2.75) is 44.8 Å². The molecule has 14 heavy (non-hydrogen) atoms. The minimum absolute atomic E-state index is 0.590. The first-order chi connectivity index (χ1) is 6.63. The summed E-state index contributed by atoms with van der Waals surface area (Å²) in [4.78, 5) is 10.1. The van der Waals surface area contributed by atoms with Gasteiger partial charge in [0.05, 0.1) is 0 Å².